The Morgan fingerprint density at radius 3 is 2.52 bits per heavy atom. The fraction of sp³-hybridized carbons (Fsp3) is 0.611. The van der Waals surface area contributed by atoms with Crippen molar-refractivity contribution in [2.75, 3.05) is 13.7 Å². The number of carbonyl (C=O) groups is 1. The van der Waals surface area contributed by atoms with Crippen molar-refractivity contribution in [3.05, 3.63) is 29.3 Å². The summed E-state index contributed by atoms with van der Waals surface area (Å²) in [5, 5.41) is 0. The molecule has 0 saturated heterocycles. The lowest BCUT2D eigenvalue weighted by Crippen LogP contribution is -2.07. The minimum Gasteiger partial charge on any atom is -0.496 e. The molecule has 3 heteroatoms. The number of hydrogen-bond donors (Lipinski definition) is 0. The number of carbonyl (C=O) groups excluding carboxylic acids is 1. The van der Waals surface area contributed by atoms with Crippen molar-refractivity contribution in [3.63, 3.8) is 0 Å². The van der Waals surface area contributed by atoms with E-state index in [1.807, 2.05) is 19.1 Å². The SMILES string of the molecule is CCCCCCCO[C@@H](C)c1cccc(C(C)=O)c1OC. The van der Waals surface area contributed by atoms with Crippen molar-refractivity contribution in [2.24, 2.45) is 0 Å². The molecule has 1 atom stereocenters. The van der Waals surface area contributed by atoms with Crippen molar-refractivity contribution >= 4 is 5.78 Å². The van der Waals surface area contributed by atoms with Crippen LogP contribution in [-0.4, -0.2) is 19.5 Å². The van der Waals surface area contributed by atoms with E-state index in [4.69, 9.17) is 9.47 Å². The lowest BCUT2D eigenvalue weighted by Gasteiger charge is -2.18. The van der Waals surface area contributed by atoms with E-state index in [9.17, 15) is 4.79 Å². The summed E-state index contributed by atoms with van der Waals surface area (Å²) in [6.45, 7) is 6.53. The maximum Gasteiger partial charge on any atom is 0.163 e. The number of benzene rings is 1. The molecule has 0 heterocycles. The van der Waals surface area contributed by atoms with Crippen LogP contribution in [0.1, 0.15) is 74.9 Å². The molecule has 0 saturated carbocycles. The smallest absolute Gasteiger partial charge is 0.163 e. The van der Waals surface area contributed by atoms with Crippen LogP contribution in [0.2, 0.25) is 0 Å². The monoisotopic (exact) mass is 292 g/mol. The van der Waals surface area contributed by atoms with Gasteiger partial charge in [-0.15, -0.1) is 0 Å². The van der Waals surface area contributed by atoms with Crippen LogP contribution in [0.5, 0.6) is 5.75 Å². The zero-order valence-electron chi connectivity index (χ0n) is 13.8. The van der Waals surface area contributed by atoms with Crippen LogP contribution in [0.4, 0.5) is 0 Å². The van der Waals surface area contributed by atoms with E-state index in [2.05, 4.69) is 6.92 Å². The number of para-hydroxylation sites is 1. The normalized spacial score (nSPS) is 12.2. The topological polar surface area (TPSA) is 35.5 Å². The molecule has 118 valence electrons. The molecule has 0 radical (unpaired) electrons. The third-order valence-corrected chi connectivity index (χ3v) is 3.68. The first-order valence-corrected chi connectivity index (χ1v) is 7.91. The second kappa shape index (κ2) is 9.56. The average Bonchev–Trinajstić information content (AvgIpc) is 2.49. The summed E-state index contributed by atoms with van der Waals surface area (Å²) in [4.78, 5) is 11.6. The fourth-order valence-electron chi connectivity index (χ4n) is 2.44. The van der Waals surface area contributed by atoms with Gasteiger partial charge in [0.1, 0.15) is 5.75 Å². The molecule has 3 nitrogen and oxygen atoms in total. The first-order chi connectivity index (χ1) is 10.1. The van der Waals surface area contributed by atoms with Crippen LogP contribution in [0.15, 0.2) is 18.2 Å². The Morgan fingerprint density at radius 2 is 1.90 bits per heavy atom. The molecule has 1 aromatic carbocycles. The minimum atomic E-state index is -0.0644. The van der Waals surface area contributed by atoms with Gasteiger partial charge in [0.15, 0.2) is 5.78 Å². The highest BCUT2D eigenvalue weighted by Crippen LogP contribution is 2.31. The van der Waals surface area contributed by atoms with Gasteiger partial charge in [-0.25, -0.2) is 0 Å². The lowest BCUT2D eigenvalue weighted by molar-refractivity contribution is 0.0610. The summed E-state index contributed by atoms with van der Waals surface area (Å²) >= 11 is 0. The molecule has 0 aliphatic rings. The van der Waals surface area contributed by atoms with E-state index in [1.54, 1.807) is 20.1 Å². The van der Waals surface area contributed by atoms with Crippen molar-refractivity contribution < 1.29 is 14.3 Å². The summed E-state index contributed by atoms with van der Waals surface area (Å²) in [6, 6.07) is 5.64. The molecule has 21 heavy (non-hydrogen) atoms. The lowest BCUT2D eigenvalue weighted by atomic mass is 10.0. The van der Waals surface area contributed by atoms with Crippen molar-refractivity contribution in [3.8, 4) is 5.75 Å². The molecule has 0 amide bonds. The Labute approximate surface area is 128 Å². The minimum absolute atomic E-state index is 0.0143. The first kappa shape index (κ1) is 17.7. The molecular formula is C18H28O3. The molecule has 1 aromatic rings. The van der Waals surface area contributed by atoms with Crippen molar-refractivity contribution in [1.29, 1.82) is 0 Å². The van der Waals surface area contributed by atoms with Crippen molar-refractivity contribution in [2.45, 2.75) is 59.0 Å². The number of ether oxygens (including phenoxy) is 2. The van der Waals surface area contributed by atoms with E-state index >= 15 is 0 Å². The molecule has 0 aliphatic heterocycles. The van der Waals surface area contributed by atoms with Crippen LogP contribution in [0.25, 0.3) is 0 Å². The quantitative estimate of drug-likeness (QED) is 0.452. The number of ketones is 1. The number of unbranched alkanes of at least 4 members (excludes halogenated alkanes) is 4. The standard InChI is InChI=1S/C18H28O3/c1-5-6-7-8-9-13-21-15(3)17-12-10-11-16(14(2)19)18(17)20-4/h10-12,15H,5-9,13H2,1-4H3/t15-/m0/s1. The first-order valence-electron chi connectivity index (χ1n) is 7.91. The van der Waals surface area contributed by atoms with Crippen LogP contribution >= 0.6 is 0 Å². The highest BCUT2D eigenvalue weighted by molar-refractivity contribution is 5.97. The van der Waals surface area contributed by atoms with Gasteiger partial charge in [0, 0.05) is 12.2 Å². The zero-order chi connectivity index (χ0) is 15.7. The van der Waals surface area contributed by atoms with Gasteiger partial charge in [-0.3, -0.25) is 4.79 Å². The molecule has 1 rings (SSSR count). The van der Waals surface area contributed by atoms with Crippen LogP contribution < -0.4 is 4.74 Å². The third kappa shape index (κ3) is 5.50. The molecule has 0 spiro atoms. The number of methoxy groups -OCH3 is 1. The summed E-state index contributed by atoms with van der Waals surface area (Å²) in [6.07, 6.45) is 6.06. The Kier molecular flexibility index (Phi) is 8.06. The maximum absolute atomic E-state index is 11.6. The highest BCUT2D eigenvalue weighted by Gasteiger charge is 2.17. The highest BCUT2D eigenvalue weighted by atomic mass is 16.5. The van der Waals surface area contributed by atoms with E-state index in [0.717, 1.165) is 18.6 Å². The van der Waals surface area contributed by atoms with Crippen LogP contribution in [0, 0.1) is 0 Å². The Hall–Kier alpha value is -1.35. The average molecular weight is 292 g/mol. The number of hydrogen-bond acceptors (Lipinski definition) is 3. The maximum atomic E-state index is 11.6. The van der Waals surface area contributed by atoms with E-state index in [-0.39, 0.29) is 11.9 Å². The van der Waals surface area contributed by atoms with Gasteiger partial charge >= 0.3 is 0 Å². The predicted octanol–water partition coefficient (Wildman–Crippen LogP) is 4.95. The second-order valence-electron chi connectivity index (χ2n) is 5.41. The summed E-state index contributed by atoms with van der Waals surface area (Å²) in [7, 11) is 1.60. The Balaban J connectivity index is 2.59. The second-order valence-corrected chi connectivity index (χ2v) is 5.41. The molecule has 0 unspecified atom stereocenters. The van der Waals surface area contributed by atoms with Gasteiger partial charge < -0.3 is 9.47 Å². The molecule has 0 bridgehead atoms. The van der Waals surface area contributed by atoms with Gasteiger partial charge in [0.2, 0.25) is 0 Å². The summed E-state index contributed by atoms with van der Waals surface area (Å²) < 4.78 is 11.3. The largest absolute Gasteiger partial charge is 0.496 e. The molecule has 0 fully saturated rings. The van der Waals surface area contributed by atoms with Crippen LogP contribution in [-0.2, 0) is 4.74 Å². The molecule has 0 aliphatic carbocycles. The van der Waals surface area contributed by atoms with Crippen LogP contribution in [0.3, 0.4) is 0 Å². The third-order valence-electron chi connectivity index (χ3n) is 3.68. The van der Waals surface area contributed by atoms with Gasteiger partial charge in [0.05, 0.1) is 18.8 Å². The summed E-state index contributed by atoms with van der Waals surface area (Å²) in [5.74, 6) is 0.656. The van der Waals surface area contributed by atoms with Gasteiger partial charge in [-0.1, -0.05) is 44.7 Å². The van der Waals surface area contributed by atoms with E-state index in [0.29, 0.717) is 11.3 Å². The van der Waals surface area contributed by atoms with E-state index in [1.165, 1.54) is 25.7 Å². The van der Waals surface area contributed by atoms with Crippen molar-refractivity contribution in [1.82, 2.24) is 0 Å². The van der Waals surface area contributed by atoms with E-state index < -0.39 is 0 Å². The predicted molar refractivity (Wildman–Crippen MR) is 86.1 cm³/mol. The Bertz CT molecular complexity index is 440. The Morgan fingerprint density at radius 1 is 1.19 bits per heavy atom. The molecule has 0 N–H and O–H groups in total. The summed E-state index contributed by atoms with van der Waals surface area (Å²) in [5.41, 5.74) is 1.56. The fourth-order valence-corrected chi connectivity index (χ4v) is 2.44. The van der Waals surface area contributed by atoms with Gasteiger partial charge in [-0.05, 0) is 26.3 Å². The van der Waals surface area contributed by atoms with Gasteiger partial charge in [-0.2, -0.15) is 0 Å². The number of rotatable bonds is 10. The molecular weight excluding hydrogens is 264 g/mol. The number of Topliss-reactive ketones (excluding diaryl/α,β-unsaturated/α-hetero) is 1. The molecule has 0 aromatic heterocycles. The zero-order valence-corrected chi connectivity index (χ0v) is 13.8. The van der Waals surface area contributed by atoms with Gasteiger partial charge in [0.25, 0.3) is 0 Å².